The van der Waals surface area contributed by atoms with Crippen molar-refractivity contribution < 1.29 is 27.4 Å². The molecule has 45 heavy (non-hydrogen) atoms. The minimum absolute atomic E-state index is 0.0719. The average Bonchev–Trinajstić information content (AvgIpc) is 3.06. The standard InChI is InChI=1S/C38H38O6S/c1-5-43-33-21-19-31(37(27-33)41-3)25-35(23-17-29-13-9-7-10-14-29)45(39,40)36(24-18-30-15-11-8-12-16-30)26-32-20-22-34(44-6-2)28-38(32)42-4/h7-28H,5-6H2,1-4H3/b23-17-,24-18-,35-25+,36-26+. The highest BCUT2D eigenvalue weighted by Crippen LogP contribution is 2.33. The monoisotopic (exact) mass is 622 g/mol. The molecule has 0 atom stereocenters. The Bertz CT molecular complexity index is 1660. The zero-order chi connectivity index (χ0) is 32.1. The van der Waals surface area contributed by atoms with Gasteiger partial charge in [0.25, 0.3) is 0 Å². The second-order valence-corrected chi connectivity index (χ2v) is 11.7. The van der Waals surface area contributed by atoms with Crippen molar-refractivity contribution in [2.24, 2.45) is 0 Å². The number of hydrogen-bond donors (Lipinski definition) is 0. The molecule has 4 rings (SSSR count). The van der Waals surface area contributed by atoms with Crippen molar-refractivity contribution >= 4 is 34.1 Å². The molecule has 0 aliphatic rings. The van der Waals surface area contributed by atoms with Gasteiger partial charge >= 0.3 is 0 Å². The lowest BCUT2D eigenvalue weighted by Gasteiger charge is -2.13. The maximum Gasteiger partial charge on any atom is 0.206 e. The third kappa shape index (κ3) is 9.00. The number of methoxy groups -OCH3 is 2. The van der Waals surface area contributed by atoms with Gasteiger partial charge in [0.2, 0.25) is 9.84 Å². The van der Waals surface area contributed by atoms with Crippen molar-refractivity contribution in [3.8, 4) is 23.0 Å². The van der Waals surface area contributed by atoms with E-state index in [0.29, 0.717) is 47.3 Å². The SMILES string of the molecule is CCOc1ccc(/C=C(\C=C/c2ccccc2)S(=O)(=O)C(/C=C\c2ccccc2)=C/c2ccc(OCC)cc2OC)c(OC)c1. The van der Waals surface area contributed by atoms with Gasteiger partial charge in [0.05, 0.1) is 37.2 Å². The molecule has 0 heterocycles. The fourth-order valence-corrected chi connectivity index (χ4v) is 5.82. The summed E-state index contributed by atoms with van der Waals surface area (Å²) in [5, 5.41) is 0. The quantitative estimate of drug-likeness (QED) is 0.131. The Hall–Kier alpha value is -5.01. The number of benzene rings is 4. The van der Waals surface area contributed by atoms with Crippen LogP contribution in [0.2, 0.25) is 0 Å². The van der Waals surface area contributed by atoms with Crippen LogP contribution in [0.4, 0.5) is 0 Å². The average molecular weight is 623 g/mol. The highest BCUT2D eigenvalue weighted by atomic mass is 32.2. The Morgan fingerprint density at radius 2 is 1.00 bits per heavy atom. The number of allylic oxidation sites excluding steroid dienone is 2. The summed E-state index contributed by atoms with van der Waals surface area (Å²) in [7, 11) is -1.03. The first-order chi connectivity index (χ1) is 21.9. The van der Waals surface area contributed by atoms with Crippen LogP contribution >= 0.6 is 0 Å². The van der Waals surface area contributed by atoms with E-state index in [-0.39, 0.29) is 9.81 Å². The van der Waals surface area contributed by atoms with Crippen LogP contribution in [0.5, 0.6) is 23.0 Å². The van der Waals surface area contributed by atoms with Crippen molar-refractivity contribution in [2.75, 3.05) is 27.4 Å². The first-order valence-electron chi connectivity index (χ1n) is 14.6. The van der Waals surface area contributed by atoms with E-state index in [1.807, 2.05) is 74.5 Å². The van der Waals surface area contributed by atoms with Crippen LogP contribution in [0.1, 0.15) is 36.1 Å². The predicted octanol–water partition coefficient (Wildman–Crippen LogP) is 8.72. The topological polar surface area (TPSA) is 71.1 Å². The minimum atomic E-state index is -4.12. The molecule has 0 spiro atoms. The summed E-state index contributed by atoms with van der Waals surface area (Å²) in [6.07, 6.45) is 10.0. The summed E-state index contributed by atoms with van der Waals surface area (Å²) in [6.45, 7) is 4.79. The molecule has 0 radical (unpaired) electrons. The fraction of sp³-hybridized carbons (Fsp3) is 0.158. The molecule has 4 aromatic rings. The van der Waals surface area contributed by atoms with Crippen molar-refractivity contribution in [3.05, 3.63) is 141 Å². The van der Waals surface area contributed by atoms with Crippen LogP contribution in [-0.2, 0) is 9.84 Å². The Morgan fingerprint density at radius 1 is 0.600 bits per heavy atom. The zero-order valence-corrected chi connectivity index (χ0v) is 26.8. The first kappa shape index (κ1) is 32.9. The lowest BCUT2D eigenvalue weighted by Crippen LogP contribution is -2.05. The molecule has 0 unspecified atom stereocenters. The van der Waals surface area contributed by atoms with Gasteiger partial charge in [0.1, 0.15) is 23.0 Å². The fourth-order valence-electron chi connectivity index (χ4n) is 4.49. The van der Waals surface area contributed by atoms with Gasteiger partial charge in [-0.15, -0.1) is 0 Å². The minimum Gasteiger partial charge on any atom is -0.496 e. The zero-order valence-electron chi connectivity index (χ0n) is 26.0. The third-order valence-electron chi connectivity index (χ3n) is 6.73. The predicted molar refractivity (Wildman–Crippen MR) is 184 cm³/mol. The van der Waals surface area contributed by atoms with Crippen molar-refractivity contribution in [1.82, 2.24) is 0 Å². The van der Waals surface area contributed by atoms with E-state index in [1.165, 1.54) is 0 Å². The van der Waals surface area contributed by atoms with Crippen molar-refractivity contribution in [3.63, 3.8) is 0 Å². The van der Waals surface area contributed by atoms with Crippen LogP contribution in [-0.4, -0.2) is 35.9 Å². The number of hydrogen-bond acceptors (Lipinski definition) is 6. The van der Waals surface area contributed by atoms with Crippen LogP contribution in [0.25, 0.3) is 24.3 Å². The highest BCUT2D eigenvalue weighted by Gasteiger charge is 2.22. The molecule has 0 saturated heterocycles. The van der Waals surface area contributed by atoms with E-state index in [2.05, 4.69) is 0 Å². The van der Waals surface area contributed by atoms with Crippen LogP contribution in [0, 0.1) is 0 Å². The molecule has 4 aromatic carbocycles. The summed E-state index contributed by atoms with van der Waals surface area (Å²) in [5.74, 6) is 2.23. The number of ether oxygens (including phenoxy) is 4. The van der Waals surface area contributed by atoms with Gasteiger partial charge in [-0.3, -0.25) is 0 Å². The molecule has 6 nitrogen and oxygen atoms in total. The summed E-state index contributed by atoms with van der Waals surface area (Å²) in [6, 6.07) is 29.7. The molecule has 7 heteroatoms. The van der Waals surface area contributed by atoms with Crippen LogP contribution < -0.4 is 18.9 Å². The summed E-state index contributed by atoms with van der Waals surface area (Å²) >= 11 is 0. The van der Waals surface area contributed by atoms with Crippen molar-refractivity contribution in [1.29, 1.82) is 0 Å². The normalized spacial score (nSPS) is 12.4. The van der Waals surface area contributed by atoms with Gasteiger partial charge in [0.15, 0.2) is 0 Å². The molecule has 232 valence electrons. The molecule has 0 amide bonds. The van der Waals surface area contributed by atoms with Crippen LogP contribution in [0.15, 0.2) is 119 Å². The third-order valence-corrected chi connectivity index (χ3v) is 8.48. The summed E-state index contributed by atoms with van der Waals surface area (Å²) in [4.78, 5) is 0.144. The lowest BCUT2D eigenvalue weighted by molar-refractivity contribution is 0.336. The molecule has 0 saturated carbocycles. The highest BCUT2D eigenvalue weighted by molar-refractivity contribution is 7.99. The van der Waals surface area contributed by atoms with Gasteiger partial charge in [0, 0.05) is 23.3 Å². The maximum absolute atomic E-state index is 14.7. The lowest BCUT2D eigenvalue weighted by atomic mass is 10.1. The van der Waals surface area contributed by atoms with Gasteiger partial charge < -0.3 is 18.9 Å². The number of rotatable bonds is 14. The first-order valence-corrected chi connectivity index (χ1v) is 16.1. The number of sulfone groups is 1. The molecule has 0 fully saturated rings. The molecule has 0 aromatic heterocycles. The van der Waals surface area contributed by atoms with Crippen molar-refractivity contribution in [2.45, 2.75) is 13.8 Å². The Labute approximate surface area is 266 Å². The van der Waals surface area contributed by atoms with Gasteiger partial charge in [-0.05, 0) is 73.5 Å². The molecule has 0 N–H and O–H groups in total. The summed E-state index contributed by atoms with van der Waals surface area (Å²) in [5.41, 5.74) is 2.89. The Morgan fingerprint density at radius 3 is 1.36 bits per heavy atom. The van der Waals surface area contributed by atoms with E-state index in [9.17, 15) is 8.42 Å². The largest absolute Gasteiger partial charge is 0.496 e. The smallest absolute Gasteiger partial charge is 0.206 e. The van der Waals surface area contributed by atoms with Gasteiger partial charge in [-0.25, -0.2) is 8.42 Å². The maximum atomic E-state index is 14.7. The molecule has 0 aliphatic carbocycles. The summed E-state index contributed by atoms with van der Waals surface area (Å²) < 4.78 is 51.8. The van der Waals surface area contributed by atoms with Crippen LogP contribution in [0.3, 0.4) is 0 Å². The van der Waals surface area contributed by atoms with Gasteiger partial charge in [-0.1, -0.05) is 72.8 Å². The van der Waals surface area contributed by atoms with E-state index in [0.717, 1.165) is 11.1 Å². The molecule has 0 aliphatic heterocycles. The Kier molecular flexibility index (Phi) is 11.8. The van der Waals surface area contributed by atoms with E-state index >= 15 is 0 Å². The van der Waals surface area contributed by atoms with E-state index < -0.39 is 9.84 Å². The van der Waals surface area contributed by atoms with E-state index in [1.54, 1.807) is 87.1 Å². The molecular weight excluding hydrogens is 584 g/mol. The molecule has 0 bridgehead atoms. The van der Waals surface area contributed by atoms with E-state index in [4.69, 9.17) is 18.9 Å². The second kappa shape index (κ2) is 16.2. The Balaban J connectivity index is 1.92. The second-order valence-electron chi connectivity index (χ2n) is 9.76. The van der Waals surface area contributed by atoms with Gasteiger partial charge in [-0.2, -0.15) is 0 Å². The molecular formula is C38H38O6S.